The minimum absolute atomic E-state index is 0. The third-order valence-electron chi connectivity index (χ3n) is 7.45. The second-order valence-electron chi connectivity index (χ2n) is 11.9. The van der Waals surface area contributed by atoms with Gasteiger partial charge in [-0.2, -0.15) is 0 Å². The summed E-state index contributed by atoms with van der Waals surface area (Å²) < 4.78 is 0. The molecule has 0 heterocycles. The molecule has 0 aliphatic carbocycles. The summed E-state index contributed by atoms with van der Waals surface area (Å²) >= 11 is 0. The summed E-state index contributed by atoms with van der Waals surface area (Å²) in [5.74, 6) is -2.73. The van der Waals surface area contributed by atoms with Crippen molar-refractivity contribution in [3.8, 4) is 0 Å². The summed E-state index contributed by atoms with van der Waals surface area (Å²) in [6.07, 6.45) is 33.5. The number of aliphatic carboxylic acids is 3. The zero-order valence-corrected chi connectivity index (χ0v) is 31.1. The normalized spacial score (nSPS) is 10.1. The van der Waals surface area contributed by atoms with Crippen LogP contribution in [0.15, 0.2) is 0 Å². The molecule has 7 heteroatoms. The van der Waals surface area contributed by atoms with Crippen LogP contribution in [-0.4, -0.2) is 17.9 Å². The Morgan fingerprint density at radius 3 is 0.581 bits per heavy atom. The molecular formula is C36H69O6Zr. The van der Waals surface area contributed by atoms with Crippen molar-refractivity contribution in [2.45, 2.75) is 213 Å². The van der Waals surface area contributed by atoms with Gasteiger partial charge in [0.25, 0.3) is 0 Å². The average Bonchev–Trinajstić information content (AvgIpc) is 2.95. The molecule has 0 fully saturated rings. The van der Waals surface area contributed by atoms with Crippen molar-refractivity contribution in [2.24, 2.45) is 0 Å². The number of carbonyl (C=O) groups excluding carboxylic acids is 3. The molecule has 6 nitrogen and oxygen atoms in total. The molecule has 0 aliphatic rings. The zero-order chi connectivity index (χ0) is 31.9. The largest absolute Gasteiger partial charge is 3.00 e. The maximum absolute atomic E-state index is 10.1. The molecule has 0 rings (SSSR count). The second kappa shape index (κ2) is 45.7. The van der Waals surface area contributed by atoms with Crippen LogP contribution in [0.1, 0.15) is 213 Å². The predicted molar refractivity (Wildman–Crippen MR) is 171 cm³/mol. The predicted octanol–water partition coefficient (Wildman–Crippen LogP) is 7.97. The van der Waals surface area contributed by atoms with Gasteiger partial charge in [-0.05, 0) is 38.5 Å². The van der Waals surface area contributed by atoms with Crippen molar-refractivity contribution in [1.82, 2.24) is 0 Å². The number of carboxylic acids is 3. The van der Waals surface area contributed by atoms with E-state index in [1.165, 1.54) is 135 Å². The molecule has 0 aromatic heterocycles. The van der Waals surface area contributed by atoms with Crippen molar-refractivity contribution in [1.29, 1.82) is 0 Å². The first-order valence-electron chi connectivity index (χ1n) is 17.9. The quantitative estimate of drug-likeness (QED) is 0.0706. The average molecular weight is 689 g/mol. The molecule has 0 aromatic rings. The molecule has 1 radical (unpaired) electrons. The van der Waals surface area contributed by atoms with Crippen molar-refractivity contribution in [3.05, 3.63) is 0 Å². The van der Waals surface area contributed by atoms with Crippen LogP contribution in [0.3, 0.4) is 0 Å². The molecule has 0 spiro atoms. The van der Waals surface area contributed by atoms with E-state index in [-0.39, 0.29) is 45.5 Å². The van der Waals surface area contributed by atoms with Crippen LogP contribution in [0.5, 0.6) is 0 Å². The number of rotatable bonds is 30. The van der Waals surface area contributed by atoms with Gasteiger partial charge in [0, 0.05) is 17.9 Å². The number of carboxylic acid groups (broad SMARTS) is 3. The van der Waals surface area contributed by atoms with Gasteiger partial charge in [-0.1, -0.05) is 175 Å². The third kappa shape index (κ3) is 61.1. The summed E-state index contributed by atoms with van der Waals surface area (Å²) in [7, 11) is 0. The van der Waals surface area contributed by atoms with Crippen LogP contribution in [0.2, 0.25) is 0 Å². The summed E-state index contributed by atoms with van der Waals surface area (Å²) in [6, 6.07) is 0. The Balaban J connectivity index is -0.000000262. The minimum Gasteiger partial charge on any atom is -0.550 e. The van der Waals surface area contributed by atoms with Gasteiger partial charge in [-0.15, -0.1) is 0 Å². The molecular weight excluding hydrogens is 620 g/mol. The van der Waals surface area contributed by atoms with Crippen LogP contribution in [0.4, 0.5) is 0 Å². The van der Waals surface area contributed by atoms with E-state index >= 15 is 0 Å². The Hall–Kier alpha value is -0.707. The number of unbranched alkanes of at least 4 members (excludes halogenated alkanes) is 24. The van der Waals surface area contributed by atoms with E-state index in [1.54, 1.807) is 0 Å². The van der Waals surface area contributed by atoms with Crippen molar-refractivity contribution >= 4 is 17.9 Å². The van der Waals surface area contributed by atoms with Gasteiger partial charge < -0.3 is 29.7 Å². The molecule has 0 atom stereocenters. The molecule has 0 aromatic carbocycles. The SMILES string of the molecule is CCCCCCCCCCCC(=O)[O-].CCCCCCCCCCCC(=O)[O-].CCCCCCCCCCCC(=O)[O-].[Zr+3]. The van der Waals surface area contributed by atoms with E-state index in [1.807, 2.05) is 0 Å². The van der Waals surface area contributed by atoms with Crippen LogP contribution < -0.4 is 15.3 Å². The van der Waals surface area contributed by atoms with Gasteiger partial charge in [0.1, 0.15) is 0 Å². The van der Waals surface area contributed by atoms with E-state index < -0.39 is 17.9 Å². The first-order chi connectivity index (χ1) is 20.3. The van der Waals surface area contributed by atoms with Gasteiger partial charge >= 0.3 is 26.2 Å². The summed E-state index contributed by atoms with van der Waals surface area (Å²) in [5, 5.41) is 30.3. The van der Waals surface area contributed by atoms with Crippen molar-refractivity contribution < 1.29 is 55.9 Å². The van der Waals surface area contributed by atoms with E-state index in [0.29, 0.717) is 0 Å². The first-order valence-corrected chi connectivity index (χ1v) is 17.9. The van der Waals surface area contributed by atoms with Crippen LogP contribution in [0, 0.1) is 0 Å². The third-order valence-corrected chi connectivity index (χ3v) is 7.45. The van der Waals surface area contributed by atoms with E-state index in [9.17, 15) is 29.7 Å². The maximum Gasteiger partial charge on any atom is 3.00 e. The summed E-state index contributed by atoms with van der Waals surface area (Å²) in [5.41, 5.74) is 0. The fourth-order valence-corrected chi connectivity index (χ4v) is 4.74. The molecule has 0 saturated heterocycles. The topological polar surface area (TPSA) is 120 Å². The van der Waals surface area contributed by atoms with E-state index in [2.05, 4.69) is 20.8 Å². The standard InChI is InChI=1S/3C12H24O2.Zr/c3*1-2-3-4-5-6-7-8-9-10-11-12(13)14;/h3*2-11H2,1H3,(H,13,14);/q;;;+3/p-3. The molecule has 0 saturated carbocycles. The van der Waals surface area contributed by atoms with E-state index in [0.717, 1.165) is 38.5 Å². The van der Waals surface area contributed by atoms with E-state index in [4.69, 9.17) is 0 Å². The Labute approximate surface area is 286 Å². The summed E-state index contributed by atoms with van der Waals surface area (Å²) in [4.78, 5) is 30.3. The Morgan fingerprint density at radius 1 is 0.302 bits per heavy atom. The molecule has 43 heavy (non-hydrogen) atoms. The fraction of sp³-hybridized carbons (Fsp3) is 0.917. The monoisotopic (exact) mass is 687 g/mol. The molecule has 0 N–H and O–H groups in total. The van der Waals surface area contributed by atoms with Gasteiger partial charge in [-0.3, -0.25) is 0 Å². The minimum atomic E-state index is -0.909. The number of carbonyl (C=O) groups is 3. The Kier molecular flexibility index (Phi) is 52.3. The van der Waals surface area contributed by atoms with Gasteiger partial charge in [0.2, 0.25) is 0 Å². The van der Waals surface area contributed by atoms with Crippen LogP contribution in [0.25, 0.3) is 0 Å². The Morgan fingerprint density at radius 2 is 0.442 bits per heavy atom. The Bertz CT molecular complexity index is 480. The maximum atomic E-state index is 10.1. The first kappa shape index (κ1) is 49.2. The molecule has 0 unspecified atom stereocenters. The second-order valence-corrected chi connectivity index (χ2v) is 11.9. The molecule has 253 valence electrons. The summed E-state index contributed by atoms with van der Waals surface area (Å²) in [6.45, 7) is 6.67. The van der Waals surface area contributed by atoms with Gasteiger partial charge in [0.05, 0.1) is 0 Å². The molecule has 0 amide bonds. The number of hydrogen-bond donors (Lipinski definition) is 0. The zero-order valence-electron chi connectivity index (χ0n) is 28.7. The smallest absolute Gasteiger partial charge is 0.550 e. The van der Waals surface area contributed by atoms with Gasteiger partial charge in [-0.25, -0.2) is 0 Å². The van der Waals surface area contributed by atoms with Crippen molar-refractivity contribution in [2.75, 3.05) is 0 Å². The van der Waals surface area contributed by atoms with Crippen LogP contribution in [-0.2, 0) is 40.6 Å². The fourth-order valence-electron chi connectivity index (χ4n) is 4.74. The molecule has 0 aliphatic heterocycles. The molecule has 0 bridgehead atoms. The van der Waals surface area contributed by atoms with Crippen LogP contribution >= 0.6 is 0 Å². The van der Waals surface area contributed by atoms with Crippen molar-refractivity contribution in [3.63, 3.8) is 0 Å². The number of hydrogen-bond acceptors (Lipinski definition) is 6. The van der Waals surface area contributed by atoms with Gasteiger partial charge in [0.15, 0.2) is 0 Å².